The molecule has 0 aliphatic rings. The van der Waals surface area contributed by atoms with Crippen LogP contribution < -0.4 is 5.73 Å². The topological polar surface area (TPSA) is 60.2 Å². The summed E-state index contributed by atoms with van der Waals surface area (Å²) in [5.74, 6) is -0.637. The van der Waals surface area contributed by atoms with Crippen LogP contribution in [0.15, 0.2) is 47.4 Å². The first-order chi connectivity index (χ1) is 9.42. The van der Waals surface area contributed by atoms with Crippen molar-refractivity contribution in [3.05, 3.63) is 64.4 Å². The molecule has 0 unspecified atom stereocenters. The van der Waals surface area contributed by atoms with Crippen LogP contribution >= 0.6 is 11.6 Å². The van der Waals surface area contributed by atoms with Crippen molar-refractivity contribution in [2.45, 2.75) is 17.2 Å². The van der Waals surface area contributed by atoms with Crippen molar-refractivity contribution >= 4 is 21.4 Å². The zero-order valence-electron chi connectivity index (χ0n) is 10.5. The molecular weight excluding hydrogens is 301 g/mol. The van der Waals surface area contributed by atoms with Gasteiger partial charge in [-0.2, -0.15) is 0 Å². The molecule has 0 aliphatic heterocycles. The molecule has 2 aromatic rings. The fourth-order valence-electron chi connectivity index (χ4n) is 1.82. The molecule has 0 atom stereocenters. The van der Waals surface area contributed by atoms with Crippen LogP contribution in [0.1, 0.15) is 11.1 Å². The Kier molecular flexibility index (Phi) is 4.42. The van der Waals surface area contributed by atoms with Gasteiger partial charge in [-0.3, -0.25) is 0 Å². The van der Waals surface area contributed by atoms with Crippen LogP contribution in [0.25, 0.3) is 0 Å². The van der Waals surface area contributed by atoms with Gasteiger partial charge in [-0.25, -0.2) is 12.8 Å². The maximum Gasteiger partial charge on any atom is 0.182 e. The predicted octanol–water partition coefficient (Wildman–Crippen LogP) is 2.91. The number of halogens is 2. The van der Waals surface area contributed by atoms with E-state index in [2.05, 4.69) is 0 Å². The molecule has 6 heteroatoms. The van der Waals surface area contributed by atoms with E-state index >= 15 is 0 Å². The molecule has 0 aliphatic carbocycles. The third kappa shape index (κ3) is 3.36. The summed E-state index contributed by atoms with van der Waals surface area (Å²) in [6, 6.07) is 10.1. The first-order valence-corrected chi connectivity index (χ1v) is 7.91. The molecule has 0 amide bonds. The lowest BCUT2D eigenvalue weighted by Gasteiger charge is -2.07. The fraction of sp³-hybridized carbons (Fsp3) is 0.143. The van der Waals surface area contributed by atoms with E-state index in [-0.39, 0.29) is 17.2 Å². The second kappa shape index (κ2) is 5.91. The quantitative estimate of drug-likeness (QED) is 0.944. The Morgan fingerprint density at radius 3 is 2.35 bits per heavy atom. The molecular formula is C14H13ClFNO2S. The van der Waals surface area contributed by atoms with Gasteiger partial charge in [0.05, 0.1) is 10.6 Å². The summed E-state index contributed by atoms with van der Waals surface area (Å²) < 4.78 is 37.8. The number of sulfone groups is 1. The molecule has 2 N–H and O–H groups in total. The van der Waals surface area contributed by atoms with Gasteiger partial charge in [0.15, 0.2) is 9.84 Å². The molecule has 3 nitrogen and oxygen atoms in total. The van der Waals surface area contributed by atoms with E-state index in [1.807, 2.05) is 0 Å². The molecule has 2 rings (SSSR count). The van der Waals surface area contributed by atoms with Crippen LogP contribution in [0, 0.1) is 5.82 Å². The molecule has 0 saturated carbocycles. The fourth-order valence-corrected chi connectivity index (χ4v) is 3.28. The molecule has 0 spiro atoms. The summed E-state index contributed by atoms with van der Waals surface area (Å²) in [5, 5.41) is 0.469. The van der Waals surface area contributed by atoms with Crippen molar-refractivity contribution < 1.29 is 12.8 Å². The zero-order chi connectivity index (χ0) is 14.8. The summed E-state index contributed by atoms with van der Waals surface area (Å²) in [6.45, 7) is 0.0284. The Labute approximate surface area is 122 Å². The molecule has 2 aromatic carbocycles. The van der Waals surface area contributed by atoms with Crippen LogP contribution in [0.4, 0.5) is 4.39 Å². The highest BCUT2D eigenvalue weighted by Gasteiger charge is 2.16. The van der Waals surface area contributed by atoms with E-state index in [9.17, 15) is 12.8 Å². The van der Waals surface area contributed by atoms with Crippen molar-refractivity contribution in [1.29, 1.82) is 0 Å². The SMILES string of the molecule is NCc1cc(CS(=O)(=O)c2ccc(Cl)cc2)ccc1F. The van der Waals surface area contributed by atoms with Crippen molar-refractivity contribution in [2.75, 3.05) is 0 Å². The first kappa shape index (κ1) is 15.0. The van der Waals surface area contributed by atoms with Crippen LogP contribution in [0.5, 0.6) is 0 Å². The molecule has 106 valence electrons. The van der Waals surface area contributed by atoms with Crippen molar-refractivity contribution in [2.24, 2.45) is 5.73 Å². The third-order valence-corrected chi connectivity index (χ3v) is 4.82. The van der Waals surface area contributed by atoms with E-state index in [0.717, 1.165) is 0 Å². The summed E-state index contributed by atoms with van der Waals surface area (Å²) in [5.41, 5.74) is 6.21. The normalized spacial score (nSPS) is 11.6. The van der Waals surface area contributed by atoms with E-state index in [4.69, 9.17) is 17.3 Å². The summed E-state index contributed by atoms with van der Waals surface area (Å²) >= 11 is 5.73. The molecule has 0 saturated heterocycles. The molecule has 0 fully saturated rings. The van der Waals surface area contributed by atoms with Gasteiger partial charge in [-0.1, -0.05) is 23.7 Å². The number of hydrogen-bond acceptors (Lipinski definition) is 3. The summed E-state index contributed by atoms with van der Waals surface area (Å²) in [7, 11) is -3.49. The van der Waals surface area contributed by atoms with E-state index in [0.29, 0.717) is 16.1 Å². The van der Waals surface area contributed by atoms with E-state index in [1.165, 1.54) is 42.5 Å². The lowest BCUT2D eigenvalue weighted by atomic mass is 10.1. The van der Waals surface area contributed by atoms with Crippen molar-refractivity contribution in [1.82, 2.24) is 0 Å². The van der Waals surface area contributed by atoms with E-state index < -0.39 is 15.7 Å². The highest BCUT2D eigenvalue weighted by atomic mass is 35.5. The maximum absolute atomic E-state index is 13.3. The standard InChI is InChI=1S/C14H13ClFNO2S/c15-12-2-4-13(5-3-12)20(18,19)9-10-1-6-14(16)11(7-10)8-17/h1-7H,8-9,17H2. The maximum atomic E-state index is 13.3. The minimum atomic E-state index is -3.49. The zero-order valence-corrected chi connectivity index (χ0v) is 12.1. The average molecular weight is 314 g/mol. The summed E-state index contributed by atoms with van der Waals surface area (Å²) in [6.07, 6.45) is 0. The molecule has 0 aromatic heterocycles. The number of nitrogens with two attached hydrogens (primary N) is 1. The highest BCUT2D eigenvalue weighted by molar-refractivity contribution is 7.90. The van der Waals surface area contributed by atoms with Gasteiger partial charge in [0.2, 0.25) is 0 Å². The van der Waals surface area contributed by atoms with Gasteiger partial charge >= 0.3 is 0 Å². The second-order valence-corrected chi connectivity index (χ2v) is 6.77. The minimum absolute atomic E-state index is 0.0284. The number of benzene rings is 2. The van der Waals surface area contributed by atoms with Gasteiger partial charge in [0.25, 0.3) is 0 Å². The Balaban J connectivity index is 2.30. The van der Waals surface area contributed by atoms with Gasteiger partial charge in [0.1, 0.15) is 5.82 Å². The van der Waals surface area contributed by atoms with Gasteiger partial charge in [-0.05, 0) is 35.9 Å². The van der Waals surface area contributed by atoms with Gasteiger partial charge in [0, 0.05) is 17.1 Å². The Bertz CT molecular complexity index is 714. The minimum Gasteiger partial charge on any atom is -0.326 e. The van der Waals surface area contributed by atoms with Crippen LogP contribution in [-0.4, -0.2) is 8.42 Å². The molecule has 0 bridgehead atoms. The third-order valence-electron chi connectivity index (χ3n) is 2.86. The van der Waals surface area contributed by atoms with Gasteiger partial charge in [-0.15, -0.1) is 0 Å². The molecule has 0 heterocycles. The smallest absolute Gasteiger partial charge is 0.182 e. The van der Waals surface area contributed by atoms with Gasteiger partial charge < -0.3 is 5.73 Å². The molecule has 20 heavy (non-hydrogen) atoms. The predicted molar refractivity (Wildman–Crippen MR) is 76.6 cm³/mol. The lowest BCUT2D eigenvalue weighted by molar-refractivity contribution is 0.594. The second-order valence-electron chi connectivity index (χ2n) is 4.34. The Morgan fingerprint density at radius 1 is 1.10 bits per heavy atom. The monoisotopic (exact) mass is 313 g/mol. The van der Waals surface area contributed by atoms with E-state index in [1.54, 1.807) is 0 Å². The average Bonchev–Trinajstić information content (AvgIpc) is 2.41. The van der Waals surface area contributed by atoms with Crippen LogP contribution in [0.3, 0.4) is 0 Å². The Hall–Kier alpha value is -1.43. The van der Waals surface area contributed by atoms with Crippen LogP contribution in [-0.2, 0) is 22.1 Å². The van der Waals surface area contributed by atoms with Crippen molar-refractivity contribution in [3.63, 3.8) is 0 Å². The largest absolute Gasteiger partial charge is 0.326 e. The van der Waals surface area contributed by atoms with Crippen LogP contribution in [0.2, 0.25) is 5.02 Å². The Morgan fingerprint density at radius 2 is 1.75 bits per heavy atom. The highest BCUT2D eigenvalue weighted by Crippen LogP contribution is 2.20. The molecule has 0 radical (unpaired) electrons. The van der Waals surface area contributed by atoms with Crippen molar-refractivity contribution in [3.8, 4) is 0 Å². The first-order valence-electron chi connectivity index (χ1n) is 5.88. The summed E-state index contributed by atoms with van der Waals surface area (Å²) in [4.78, 5) is 0.181. The number of rotatable bonds is 4. The lowest BCUT2D eigenvalue weighted by Crippen LogP contribution is -2.07. The number of hydrogen-bond donors (Lipinski definition) is 1.